The van der Waals surface area contributed by atoms with Gasteiger partial charge in [0.25, 0.3) is 0 Å². The van der Waals surface area contributed by atoms with Gasteiger partial charge < -0.3 is 15.5 Å². The SMILES string of the molecule is CCN(CC(=O)NC(C)C)C(=O)Nc1ccc(C)cc1. The number of urea groups is 1. The van der Waals surface area contributed by atoms with E-state index in [2.05, 4.69) is 10.6 Å². The largest absolute Gasteiger partial charge is 0.352 e. The molecule has 0 atom stereocenters. The molecule has 0 saturated heterocycles. The van der Waals surface area contributed by atoms with E-state index in [1.807, 2.05) is 52.0 Å². The Hall–Kier alpha value is -2.04. The van der Waals surface area contributed by atoms with Gasteiger partial charge in [-0.1, -0.05) is 17.7 Å². The maximum atomic E-state index is 12.1. The van der Waals surface area contributed by atoms with Gasteiger partial charge in [0.15, 0.2) is 0 Å². The molecule has 0 fully saturated rings. The highest BCUT2D eigenvalue weighted by molar-refractivity contribution is 5.92. The van der Waals surface area contributed by atoms with Crippen molar-refractivity contribution in [1.82, 2.24) is 10.2 Å². The van der Waals surface area contributed by atoms with Crippen LogP contribution in [0.15, 0.2) is 24.3 Å². The van der Waals surface area contributed by atoms with Crippen molar-refractivity contribution in [2.45, 2.75) is 33.7 Å². The quantitative estimate of drug-likeness (QED) is 0.868. The van der Waals surface area contributed by atoms with Gasteiger partial charge in [-0.05, 0) is 39.8 Å². The second-order valence-electron chi connectivity index (χ2n) is 5.03. The van der Waals surface area contributed by atoms with Crippen LogP contribution in [0.5, 0.6) is 0 Å². The van der Waals surface area contributed by atoms with Gasteiger partial charge in [-0.25, -0.2) is 4.79 Å². The third kappa shape index (κ3) is 5.30. The van der Waals surface area contributed by atoms with Crippen LogP contribution in [0.25, 0.3) is 0 Å². The van der Waals surface area contributed by atoms with Crippen LogP contribution >= 0.6 is 0 Å². The van der Waals surface area contributed by atoms with Crippen LogP contribution in [0, 0.1) is 6.92 Å². The normalized spacial score (nSPS) is 10.2. The molecule has 110 valence electrons. The fourth-order valence-electron chi connectivity index (χ4n) is 1.71. The van der Waals surface area contributed by atoms with Gasteiger partial charge in [0.2, 0.25) is 5.91 Å². The molecular formula is C15H23N3O2. The molecule has 0 aliphatic carbocycles. The number of benzene rings is 1. The Morgan fingerprint density at radius 2 is 1.80 bits per heavy atom. The van der Waals surface area contributed by atoms with E-state index < -0.39 is 0 Å². The molecule has 3 amide bonds. The van der Waals surface area contributed by atoms with Crippen molar-refractivity contribution < 1.29 is 9.59 Å². The number of carbonyl (C=O) groups is 2. The summed E-state index contributed by atoms with van der Waals surface area (Å²) < 4.78 is 0. The van der Waals surface area contributed by atoms with Crippen LogP contribution in [0.4, 0.5) is 10.5 Å². The highest BCUT2D eigenvalue weighted by Crippen LogP contribution is 2.09. The first kappa shape index (κ1) is 16.0. The molecule has 5 nitrogen and oxygen atoms in total. The number of rotatable bonds is 5. The molecule has 5 heteroatoms. The minimum atomic E-state index is -0.268. The fraction of sp³-hybridized carbons (Fsp3) is 0.467. The van der Waals surface area contributed by atoms with Crippen molar-refractivity contribution in [3.05, 3.63) is 29.8 Å². The van der Waals surface area contributed by atoms with E-state index in [1.165, 1.54) is 4.90 Å². The zero-order valence-corrected chi connectivity index (χ0v) is 12.6. The van der Waals surface area contributed by atoms with Crippen LogP contribution in [0.2, 0.25) is 0 Å². The standard InChI is InChI=1S/C15H23N3O2/c1-5-18(10-14(19)16-11(2)3)15(20)17-13-8-6-12(4)7-9-13/h6-9,11H,5,10H2,1-4H3,(H,16,19)(H,17,20). The summed E-state index contributed by atoms with van der Waals surface area (Å²) in [6, 6.07) is 7.34. The zero-order valence-electron chi connectivity index (χ0n) is 12.6. The Balaban J connectivity index is 2.58. The van der Waals surface area contributed by atoms with E-state index in [0.29, 0.717) is 6.54 Å². The number of carbonyl (C=O) groups excluding carboxylic acids is 2. The molecule has 0 saturated carbocycles. The van der Waals surface area contributed by atoms with E-state index >= 15 is 0 Å². The molecule has 0 radical (unpaired) electrons. The van der Waals surface area contributed by atoms with Crippen molar-refractivity contribution in [3.8, 4) is 0 Å². The second kappa shape index (κ2) is 7.53. The smallest absolute Gasteiger partial charge is 0.322 e. The topological polar surface area (TPSA) is 61.4 Å². The van der Waals surface area contributed by atoms with Crippen molar-refractivity contribution in [2.24, 2.45) is 0 Å². The number of anilines is 1. The van der Waals surface area contributed by atoms with Gasteiger partial charge in [0.05, 0.1) is 0 Å². The average molecular weight is 277 g/mol. The van der Waals surface area contributed by atoms with E-state index in [4.69, 9.17) is 0 Å². The van der Waals surface area contributed by atoms with Gasteiger partial charge in [0, 0.05) is 18.3 Å². The maximum absolute atomic E-state index is 12.1. The molecule has 0 aromatic heterocycles. The summed E-state index contributed by atoms with van der Waals surface area (Å²) in [6.07, 6.45) is 0. The summed E-state index contributed by atoms with van der Waals surface area (Å²) in [6.45, 7) is 8.15. The van der Waals surface area contributed by atoms with Crippen LogP contribution in [-0.4, -0.2) is 36.0 Å². The molecule has 0 aliphatic rings. The van der Waals surface area contributed by atoms with Gasteiger partial charge in [-0.2, -0.15) is 0 Å². The van der Waals surface area contributed by atoms with E-state index in [-0.39, 0.29) is 24.5 Å². The second-order valence-corrected chi connectivity index (χ2v) is 5.03. The van der Waals surface area contributed by atoms with E-state index in [1.54, 1.807) is 0 Å². The Bertz CT molecular complexity index is 455. The van der Waals surface area contributed by atoms with Crippen LogP contribution in [-0.2, 0) is 4.79 Å². The molecule has 2 N–H and O–H groups in total. The van der Waals surface area contributed by atoms with Crippen molar-refractivity contribution in [1.29, 1.82) is 0 Å². The predicted octanol–water partition coefficient (Wildman–Crippen LogP) is 2.37. The van der Waals surface area contributed by atoms with Crippen LogP contribution in [0.1, 0.15) is 26.3 Å². The Morgan fingerprint density at radius 1 is 1.20 bits per heavy atom. The highest BCUT2D eigenvalue weighted by atomic mass is 16.2. The molecule has 20 heavy (non-hydrogen) atoms. The fourth-order valence-corrected chi connectivity index (χ4v) is 1.71. The number of nitrogens with one attached hydrogen (secondary N) is 2. The monoisotopic (exact) mass is 277 g/mol. The molecule has 0 unspecified atom stereocenters. The molecule has 0 bridgehead atoms. The molecule has 0 heterocycles. The lowest BCUT2D eigenvalue weighted by Crippen LogP contribution is -2.44. The van der Waals surface area contributed by atoms with Gasteiger partial charge in [0.1, 0.15) is 6.54 Å². The van der Waals surface area contributed by atoms with Gasteiger partial charge in [-0.3, -0.25) is 4.79 Å². The lowest BCUT2D eigenvalue weighted by atomic mass is 10.2. The number of amides is 3. The number of hydrogen-bond acceptors (Lipinski definition) is 2. The lowest BCUT2D eigenvalue weighted by molar-refractivity contribution is -0.122. The first-order valence-corrected chi connectivity index (χ1v) is 6.84. The molecule has 0 spiro atoms. The third-order valence-electron chi connectivity index (χ3n) is 2.76. The summed E-state index contributed by atoms with van der Waals surface area (Å²) in [5, 5.41) is 5.56. The maximum Gasteiger partial charge on any atom is 0.322 e. The van der Waals surface area contributed by atoms with Gasteiger partial charge >= 0.3 is 6.03 Å². The summed E-state index contributed by atoms with van der Waals surface area (Å²) in [5.74, 6) is -0.152. The van der Waals surface area contributed by atoms with Crippen LogP contribution < -0.4 is 10.6 Å². The van der Waals surface area contributed by atoms with E-state index in [9.17, 15) is 9.59 Å². The van der Waals surface area contributed by atoms with E-state index in [0.717, 1.165) is 11.3 Å². The Morgan fingerprint density at radius 3 is 2.30 bits per heavy atom. The lowest BCUT2D eigenvalue weighted by Gasteiger charge is -2.21. The molecule has 1 aromatic rings. The molecule has 1 rings (SSSR count). The zero-order chi connectivity index (χ0) is 15.1. The summed E-state index contributed by atoms with van der Waals surface area (Å²) in [4.78, 5) is 25.2. The number of hydrogen-bond donors (Lipinski definition) is 2. The number of aryl methyl sites for hydroxylation is 1. The Labute approximate surface area is 120 Å². The summed E-state index contributed by atoms with van der Waals surface area (Å²) in [7, 11) is 0. The third-order valence-corrected chi connectivity index (χ3v) is 2.76. The summed E-state index contributed by atoms with van der Waals surface area (Å²) >= 11 is 0. The van der Waals surface area contributed by atoms with Crippen molar-refractivity contribution in [3.63, 3.8) is 0 Å². The predicted molar refractivity (Wildman–Crippen MR) is 80.7 cm³/mol. The minimum absolute atomic E-state index is 0.0619. The first-order chi connectivity index (χ1) is 9.42. The first-order valence-electron chi connectivity index (χ1n) is 6.84. The minimum Gasteiger partial charge on any atom is -0.352 e. The molecular weight excluding hydrogens is 254 g/mol. The van der Waals surface area contributed by atoms with Crippen molar-refractivity contribution >= 4 is 17.6 Å². The van der Waals surface area contributed by atoms with Crippen LogP contribution in [0.3, 0.4) is 0 Å². The average Bonchev–Trinajstić information content (AvgIpc) is 2.37. The molecule has 0 aliphatic heterocycles. The highest BCUT2D eigenvalue weighted by Gasteiger charge is 2.15. The van der Waals surface area contributed by atoms with Crippen molar-refractivity contribution in [2.75, 3.05) is 18.4 Å². The molecule has 1 aromatic carbocycles. The number of likely N-dealkylation sites (N-methyl/N-ethyl adjacent to an activating group) is 1. The van der Waals surface area contributed by atoms with Gasteiger partial charge in [-0.15, -0.1) is 0 Å². The number of nitrogens with zero attached hydrogens (tertiary/aromatic N) is 1. The Kier molecular flexibility index (Phi) is 6.03. The summed E-state index contributed by atoms with van der Waals surface area (Å²) in [5.41, 5.74) is 1.86.